The molecule has 0 unspecified atom stereocenters. The van der Waals surface area contributed by atoms with Gasteiger partial charge >= 0.3 is 0 Å². The molecule has 1 N–H and O–H groups in total. The Kier molecular flexibility index (Phi) is 3.01. The number of nitrogens with one attached hydrogen (secondary N) is 1. The Hall–Kier alpha value is -0.0800. The molecule has 2 heteroatoms. The average molecular weight is 168 g/mol. The number of likely N-dealkylation sites (tertiary alicyclic amines) is 1. The van der Waals surface area contributed by atoms with Gasteiger partial charge in [0.15, 0.2) is 0 Å². The van der Waals surface area contributed by atoms with Crippen LogP contribution in [0.25, 0.3) is 0 Å². The van der Waals surface area contributed by atoms with Crippen molar-refractivity contribution in [1.29, 1.82) is 0 Å². The SMILES string of the molecule is C1CNC[C@@H](CN2CCCC2)C1. The third-order valence-corrected chi connectivity index (χ3v) is 3.11. The van der Waals surface area contributed by atoms with Crippen molar-refractivity contribution >= 4 is 0 Å². The molecule has 12 heavy (non-hydrogen) atoms. The maximum absolute atomic E-state index is 3.48. The van der Waals surface area contributed by atoms with E-state index in [0.717, 1.165) is 5.92 Å². The average Bonchev–Trinajstić information content (AvgIpc) is 2.59. The highest BCUT2D eigenvalue weighted by Crippen LogP contribution is 2.15. The standard InChI is InChI=1S/C10H20N2/c1-2-7-12(6-1)9-10-4-3-5-11-8-10/h10-11H,1-9H2/t10-/m0/s1. The van der Waals surface area contributed by atoms with Crippen molar-refractivity contribution in [3.63, 3.8) is 0 Å². The molecule has 0 aromatic rings. The maximum atomic E-state index is 3.48. The van der Waals surface area contributed by atoms with Gasteiger partial charge in [0.2, 0.25) is 0 Å². The van der Waals surface area contributed by atoms with E-state index >= 15 is 0 Å². The molecule has 2 nitrogen and oxygen atoms in total. The Bertz CT molecular complexity index is 124. The third kappa shape index (κ3) is 2.20. The second-order valence-corrected chi connectivity index (χ2v) is 4.22. The fraction of sp³-hybridized carbons (Fsp3) is 1.00. The van der Waals surface area contributed by atoms with Crippen LogP contribution in [0.3, 0.4) is 0 Å². The van der Waals surface area contributed by atoms with E-state index in [1.807, 2.05) is 0 Å². The molecule has 0 aromatic heterocycles. The summed E-state index contributed by atoms with van der Waals surface area (Å²) in [6.45, 7) is 6.58. The third-order valence-electron chi connectivity index (χ3n) is 3.11. The Labute approximate surface area is 75.3 Å². The summed E-state index contributed by atoms with van der Waals surface area (Å²) in [5.74, 6) is 0.942. The Morgan fingerprint density at radius 3 is 2.67 bits per heavy atom. The molecular formula is C10H20N2. The molecule has 0 amide bonds. The lowest BCUT2D eigenvalue weighted by atomic mass is 9.99. The summed E-state index contributed by atoms with van der Waals surface area (Å²) in [4.78, 5) is 2.64. The molecule has 2 heterocycles. The van der Waals surface area contributed by atoms with E-state index in [1.54, 1.807) is 0 Å². The molecule has 0 saturated carbocycles. The summed E-state index contributed by atoms with van der Waals surface area (Å²) in [6.07, 6.45) is 5.70. The van der Waals surface area contributed by atoms with Crippen LogP contribution in [-0.2, 0) is 0 Å². The molecule has 2 aliphatic heterocycles. The van der Waals surface area contributed by atoms with Crippen LogP contribution < -0.4 is 5.32 Å². The van der Waals surface area contributed by atoms with Crippen molar-refractivity contribution in [1.82, 2.24) is 10.2 Å². The highest BCUT2D eigenvalue weighted by molar-refractivity contribution is 4.75. The van der Waals surface area contributed by atoms with Gasteiger partial charge in [0.25, 0.3) is 0 Å². The lowest BCUT2D eigenvalue weighted by molar-refractivity contribution is 0.244. The molecule has 2 saturated heterocycles. The highest BCUT2D eigenvalue weighted by Gasteiger charge is 2.18. The Balaban J connectivity index is 1.69. The summed E-state index contributed by atoms with van der Waals surface area (Å²) in [7, 11) is 0. The van der Waals surface area contributed by atoms with Gasteiger partial charge < -0.3 is 10.2 Å². The topological polar surface area (TPSA) is 15.3 Å². The number of nitrogens with zero attached hydrogens (tertiary/aromatic N) is 1. The van der Waals surface area contributed by atoms with Gasteiger partial charge in [-0.3, -0.25) is 0 Å². The molecule has 1 atom stereocenters. The first-order valence-electron chi connectivity index (χ1n) is 5.38. The smallest absolute Gasteiger partial charge is 0.00218 e. The second kappa shape index (κ2) is 4.24. The van der Waals surface area contributed by atoms with E-state index in [1.165, 1.54) is 58.4 Å². The van der Waals surface area contributed by atoms with Gasteiger partial charge in [0, 0.05) is 6.54 Å². The second-order valence-electron chi connectivity index (χ2n) is 4.22. The quantitative estimate of drug-likeness (QED) is 0.664. The minimum Gasteiger partial charge on any atom is -0.316 e. The Morgan fingerprint density at radius 1 is 1.17 bits per heavy atom. The lowest BCUT2D eigenvalue weighted by Gasteiger charge is -2.27. The van der Waals surface area contributed by atoms with Crippen molar-refractivity contribution < 1.29 is 0 Å². The van der Waals surface area contributed by atoms with E-state index < -0.39 is 0 Å². The predicted molar refractivity (Wildman–Crippen MR) is 51.3 cm³/mol. The van der Waals surface area contributed by atoms with E-state index in [-0.39, 0.29) is 0 Å². The van der Waals surface area contributed by atoms with Crippen LogP contribution in [-0.4, -0.2) is 37.6 Å². The molecule has 2 rings (SSSR count). The van der Waals surface area contributed by atoms with Crippen LogP contribution in [0.4, 0.5) is 0 Å². The fourth-order valence-electron chi connectivity index (χ4n) is 2.41. The molecule has 2 aliphatic rings. The van der Waals surface area contributed by atoms with Crippen LogP contribution in [0.15, 0.2) is 0 Å². The number of hydrogen-bond acceptors (Lipinski definition) is 2. The largest absolute Gasteiger partial charge is 0.316 e. The van der Waals surface area contributed by atoms with Gasteiger partial charge in [-0.2, -0.15) is 0 Å². The van der Waals surface area contributed by atoms with Gasteiger partial charge in [0.05, 0.1) is 0 Å². The molecule has 70 valence electrons. The van der Waals surface area contributed by atoms with Crippen LogP contribution in [0.1, 0.15) is 25.7 Å². The molecule has 0 bridgehead atoms. The summed E-state index contributed by atoms with van der Waals surface area (Å²) in [5.41, 5.74) is 0. The van der Waals surface area contributed by atoms with Crippen molar-refractivity contribution in [2.75, 3.05) is 32.7 Å². The van der Waals surface area contributed by atoms with Gasteiger partial charge in [-0.15, -0.1) is 0 Å². The highest BCUT2D eigenvalue weighted by atomic mass is 15.1. The molecule has 0 aromatic carbocycles. The Morgan fingerprint density at radius 2 is 2.00 bits per heavy atom. The van der Waals surface area contributed by atoms with E-state index in [2.05, 4.69) is 10.2 Å². The minimum absolute atomic E-state index is 0.942. The van der Waals surface area contributed by atoms with Crippen LogP contribution in [0.2, 0.25) is 0 Å². The zero-order valence-electron chi connectivity index (χ0n) is 7.89. The lowest BCUT2D eigenvalue weighted by Crippen LogP contribution is -2.37. The van der Waals surface area contributed by atoms with Gasteiger partial charge in [-0.1, -0.05) is 0 Å². The number of piperidine rings is 1. The summed E-state index contributed by atoms with van der Waals surface area (Å²) in [6, 6.07) is 0. The van der Waals surface area contributed by atoms with E-state index in [9.17, 15) is 0 Å². The zero-order chi connectivity index (χ0) is 8.23. The molecule has 0 aliphatic carbocycles. The molecule has 2 fully saturated rings. The molecule has 0 spiro atoms. The van der Waals surface area contributed by atoms with Gasteiger partial charge in [0.1, 0.15) is 0 Å². The number of rotatable bonds is 2. The predicted octanol–water partition coefficient (Wildman–Crippen LogP) is 1.08. The van der Waals surface area contributed by atoms with Crippen LogP contribution >= 0.6 is 0 Å². The monoisotopic (exact) mass is 168 g/mol. The first-order valence-corrected chi connectivity index (χ1v) is 5.38. The fourth-order valence-corrected chi connectivity index (χ4v) is 2.41. The zero-order valence-corrected chi connectivity index (χ0v) is 7.89. The maximum Gasteiger partial charge on any atom is 0.00218 e. The van der Waals surface area contributed by atoms with Crippen molar-refractivity contribution in [2.24, 2.45) is 5.92 Å². The first-order chi connectivity index (χ1) is 5.95. The normalized spacial score (nSPS) is 32.5. The van der Waals surface area contributed by atoms with Crippen molar-refractivity contribution in [3.05, 3.63) is 0 Å². The van der Waals surface area contributed by atoms with Crippen LogP contribution in [0, 0.1) is 5.92 Å². The first kappa shape index (κ1) is 8.52. The summed E-state index contributed by atoms with van der Waals surface area (Å²) < 4.78 is 0. The van der Waals surface area contributed by atoms with Gasteiger partial charge in [-0.25, -0.2) is 0 Å². The summed E-state index contributed by atoms with van der Waals surface area (Å²) >= 11 is 0. The number of hydrogen-bond donors (Lipinski definition) is 1. The van der Waals surface area contributed by atoms with E-state index in [4.69, 9.17) is 0 Å². The summed E-state index contributed by atoms with van der Waals surface area (Å²) in [5, 5.41) is 3.48. The molecule has 0 radical (unpaired) electrons. The minimum atomic E-state index is 0.942. The van der Waals surface area contributed by atoms with Crippen molar-refractivity contribution in [3.8, 4) is 0 Å². The molecular weight excluding hydrogens is 148 g/mol. The van der Waals surface area contributed by atoms with Crippen molar-refractivity contribution in [2.45, 2.75) is 25.7 Å². The van der Waals surface area contributed by atoms with Gasteiger partial charge in [-0.05, 0) is 57.8 Å². The van der Waals surface area contributed by atoms with Crippen LogP contribution in [0.5, 0.6) is 0 Å². The van der Waals surface area contributed by atoms with E-state index in [0.29, 0.717) is 0 Å².